The third-order valence-corrected chi connectivity index (χ3v) is 20.0. The van der Waals surface area contributed by atoms with Crippen LogP contribution in [0, 0.1) is 31.0 Å². The number of amides is 4. The molecule has 10 aliphatic rings. The number of nitrogens with zero attached hydrogens (tertiary/aromatic N) is 9. The molecule has 36 heteroatoms. The number of nitrogens with one attached hydrogen (secondary N) is 1. The minimum atomic E-state index is -0.866. The minimum Gasteiger partial charge on any atom is -0.468 e. The molecule has 116 heavy (non-hydrogen) atoms. The zero-order valence-electron chi connectivity index (χ0n) is 65.5. The Morgan fingerprint density at radius 1 is 0.629 bits per heavy atom. The van der Waals surface area contributed by atoms with E-state index in [1.165, 1.54) is 30.9 Å². The number of aliphatic imine (C=N–C) groups is 1. The summed E-state index contributed by atoms with van der Waals surface area (Å²) in [6.07, 6.45) is 3.71. The number of halogens is 3. The highest BCUT2D eigenvalue weighted by Crippen LogP contribution is 2.53. The van der Waals surface area contributed by atoms with Gasteiger partial charge in [0.15, 0.2) is 57.5 Å². The molecule has 5 aromatic rings. The lowest BCUT2D eigenvalue weighted by molar-refractivity contribution is -0.192. The molecule has 0 radical (unpaired) electrons. The molecule has 616 valence electrons. The van der Waals surface area contributed by atoms with Gasteiger partial charge in [-0.25, -0.2) is 19.7 Å². The first kappa shape index (κ1) is 92.7. The SMILES string of the molecule is C=C(C)C#N.CC(Cl)C(=O)Cl.CCN.COC(=O)CN=Cc1ccc2c(c1)OCO2.Cl.O=C=O.O=Cc1ccc2c(c1)OCO2.[C-]#[N+][C@@]1(C)CC2C(=O)N(C)[C@@H](C)C(=O)N2C1c1ccc2c(c1)OCO2.[C-]#[N+][C@@]1(C)CC2C(=O)N(C)[C@H](C)C(=O)N2C1c1ccc2c(c1)OCO2.[C-]#[N+][C@@]1(C)C[C@@H](C(=O)OC)NC1c1ccc2c(c1)OCO2. The van der Waals surface area contributed by atoms with Crippen LogP contribution in [0.2, 0.25) is 0 Å². The molecule has 0 saturated carbocycles. The zero-order valence-corrected chi connectivity index (χ0v) is 67.9. The summed E-state index contributed by atoms with van der Waals surface area (Å²) < 4.78 is 62.0. The van der Waals surface area contributed by atoms with Crippen molar-refractivity contribution in [1.29, 1.82) is 5.26 Å². The van der Waals surface area contributed by atoms with Crippen molar-refractivity contribution < 1.29 is 105 Å². The molecule has 3 N–H and O–H groups in total. The van der Waals surface area contributed by atoms with E-state index in [0.29, 0.717) is 82.1 Å². The van der Waals surface area contributed by atoms with E-state index in [-0.39, 0.29) is 101 Å². The van der Waals surface area contributed by atoms with E-state index in [0.717, 1.165) is 40.8 Å². The van der Waals surface area contributed by atoms with Crippen LogP contribution in [0.1, 0.15) is 125 Å². The summed E-state index contributed by atoms with van der Waals surface area (Å²) in [7, 11) is 5.97. The molecular formula is C80H88Cl3N11O22. The fourth-order valence-electron chi connectivity index (χ4n) is 13.4. The monoisotopic (exact) mass is 1660 g/mol. The smallest absolute Gasteiger partial charge is 0.373 e. The van der Waals surface area contributed by atoms with Crippen molar-refractivity contribution in [2.24, 2.45) is 10.7 Å². The number of aldehydes is 1. The lowest BCUT2D eigenvalue weighted by Gasteiger charge is -2.41. The van der Waals surface area contributed by atoms with Gasteiger partial charge in [-0.05, 0) is 141 Å². The topological polar surface area (TPSA) is 382 Å². The number of nitriles is 1. The average Bonchev–Trinajstić information content (AvgIpc) is 1.57. The van der Waals surface area contributed by atoms with Gasteiger partial charge in [-0.1, -0.05) is 31.7 Å². The van der Waals surface area contributed by atoms with Crippen molar-refractivity contribution in [2.45, 2.75) is 145 Å². The quantitative estimate of drug-likeness (QED) is 0.0264. The van der Waals surface area contributed by atoms with Crippen molar-refractivity contribution >= 4 is 95.1 Å². The predicted octanol–water partition coefficient (Wildman–Crippen LogP) is 9.36. The molecule has 5 aromatic carbocycles. The third-order valence-electron chi connectivity index (χ3n) is 19.4. The van der Waals surface area contributed by atoms with Crippen molar-refractivity contribution in [2.75, 3.05) is 75.4 Å². The first-order valence-corrected chi connectivity index (χ1v) is 36.3. The number of rotatable bonds is 9. The molecule has 15 rings (SSSR count). The summed E-state index contributed by atoms with van der Waals surface area (Å²) in [5.41, 5.74) is 6.93. The molecule has 10 heterocycles. The van der Waals surface area contributed by atoms with Crippen LogP contribution in [-0.2, 0) is 52.6 Å². The number of alkyl halides is 1. The second kappa shape index (κ2) is 41.7. The summed E-state index contributed by atoms with van der Waals surface area (Å²) in [5, 5.41) is 9.95. The van der Waals surface area contributed by atoms with Gasteiger partial charge in [0, 0.05) is 52.2 Å². The van der Waals surface area contributed by atoms with Crippen molar-refractivity contribution in [3.05, 3.63) is 165 Å². The van der Waals surface area contributed by atoms with Gasteiger partial charge in [-0.2, -0.15) is 14.9 Å². The van der Waals surface area contributed by atoms with E-state index in [9.17, 15) is 38.4 Å². The van der Waals surface area contributed by atoms with Crippen LogP contribution < -0.4 is 58.4 Å². The molecule has 0 bridgehead atoms. The Kier molecular flexibility index (Phi) is 33.3. The van der Waals surface area contributed by atoms with Crippen LogP contribution in [0.3, 0.4) is 0 Å². The van der Waals surface area contributed by atoms with Crippen LogP contribution in [0.15, 0.2) is 108 Å². The number of nitrogens with two attached hydrogens (primary N) is 1. The number of hydrogen-bond donors (Lipinski definition) is 2. The largest absolute Gasteiger partial charge is 0.468 e. The Bertz CT molecular complexity index is 4580. The molecule has 33 nitrogen and oxygen atoms in total. The first-order chi connectivity index (χ1) is 54.7. The molecule has 5 fully saturated rings. The van der Waals surface area contributed by atoms with E-state index in [2.05, 4.69) is 36.2 Å². The van der Waals surface area contributed by atoms with Gasteiger partial charge in [0.1, 0.15) is 66.5 Å². The minimum absolute atomic E-state index is 0. The van der Waals surface area contributed by atoms with Crippen LogP contribution in [0.25, 0.3) is 14.5 Å². The number of esters is 2. The van der Waals surface area contributed by atoms with Gasteiger partial charge < -0.3 is 96.7 Å². The maximum atomic E-state index is 13.0. The van der Waals surface area contributed by atoms with E-state index in [4.69, 9.17) is 116 Å². The average molecular weight is 1660 g/mol. The number of hydrogen-bond acceptors (Lipinski definition) is 26. The van der Waals surface area contributed by atoms with E-state index in [1.54, 1.807) is 81.2 Å². The fraction of sp³-hybridized carbons (Fsp3) is 0.425. The molecule has 0 aromatic heterocycles. The standard InChI is InChI=1S/2C18H19N3O4.C15H16N2O4.C11H11NO4.C8H6O3.C4H5N.C3H4Cl2O.C2H7N.CO2.ClH/c2*1-10-16(22)21-12(17(23)20(10)4)8-18(2,19-3)15(21)11-5-6-13-14(7-11)25-9-24-13;1-15(16-2)7-10(14(18)19-3)17-13(15)9-4-5-11-12(6-9)21-8-20-11;1-14-11(13)6-12-5-8-2-3-9-10(4-8)16-7-15-9;9-4-6-1-2-7-8(3-6)11-5-10-7;1-4(2)3-5;1-2(4)3(5)6;1-2-3;2-1-3;/h2*5-7,10,12,15H,8-9H2,1-2,4H3;4-6,10,13,17H,7-8H2,1,3H3;2-5H,6-7H2,1H3;1-4H,5H2;1H2,2H3;2H,1H3;2-3H2,1H3;;1H/t10-,12?,15?,18+;10-,12?,15?,18-;10-,13?,15-;;;;;;;/m100......./s1. The lowest BCUT2D eigenvalue weighted by Crippen LogP contribution is -2.60. The van der Waals surface area contributed by atoms with Gasteiger partial charge in [-0.3, -0.25) is 48.7 Å². The second-order valence-corrected chi connectivity index (χ2v) is 28.3. The summed E-state index contributed by atoms with van der Waals surface area (Å²) in [4.78, 5) is 132. The van der Waals surface area contributed by atoms with E-state index < -0.39 is 69.5 Å². The normalized spacial score (nSPS) is 24.1. The van der Waals surface area contributed by atoms with Crippen LogP contribution in [-0.4, -0.2) is 207 Å². The highest BCUT2D eigenvalue weighted by molar-refractivity contribution is 6.69. The fourth-order valence-corrected chi connectivity index (χ4v) is 13.4. The molecule has 0 aliphatic carbocycles. The van der Waals surface area contributed by atoms with Gasteiger partial charge in [0.05, 0.1) is 39.6 Å². The number of carbonyl (C=O) groups excluding carboxylic acids is 10. The Balaban J connectivity index is 0.000000218. The lowest BCUT2D eigenvalue weighted by atomic mass is 9.87. The molecular weight excluding hydrogens is 1570 g/mol. The number of piperazine rings is 2. The first-order valence-electron chi connectivity index (χ1n) is 35.5. The molecule has 5 saturated heterocycles. The van der Waals surface area contributed by atoms with Crippen molar-refractivity contribution in [3.8, 4) is 63.6 Å². The Morgan fingerprint density at radius 2 is 0.957 bits per heavy atom. The van der Waals surface area contributed by atoms with Crippen LogP contribution in [0.4, 0.5) is 0 Å². The number of methoxy groups -OCH3 is 2. The Hall–Kier alpha value is -12.2. The second-order valence-electron chi connectivity index (χ2n) is 27.3. The zero-order chi connectivity index (χ0) is 84.8. The molecule has 4 amide bonds. The van der Waals surface area contributed by atoms with Crippen molar-refractivity contribution in [3.63, 3.8) is 0 Å². The Morgan fingerprint density at radius 3 is 1.29 bits per heavy atom. The summed E-state index contributed by atoms with van der Waals surface area (Å²) >= 11 is 9.97. The summed E-state index contributed by atoms with van der Waals surface area (Å²) in [5.74, 6) is 5.49. The maximum Gasteiger partial charge on any atom is 0.373 e. The highest BCUT2D eigenvalue weighted by atomic mass is 35.5. The molecule has 12 atom stereocenters. The van der Waals surface area contributed by atoms with Gasteiger partial charge in [0.2, 0.25) is 62.8 Å². The van der Waals surface area contributed by atoms with Crippen LogP contribution >= 0.6 is 35.6 Å². The van der Waals surface area contributed by atoms with Crippen LogP contribution in [0.5, 0.6) is 57.5 Å². The number of allylic oxidation sites excluding steroid dienone is 1. The highest BCUT2D eigenvalue weighted by Gasteiger charge is 2.64. The number of benzene rings is 5. The number of carbonyl (C=O) groups is 8. The van der Waals surface area contributed by atoms with Gasteiger partial charge in [-0.15, -0.1) is 24.0 Å². The maximum absolute atomic E-state index is 13.0. The van der Waals surface area contributed by atoms with Gasteiger partial charge in [0.25, 0.3) is 16.6 Å². The Labute approximate surface area is 686 Å². The number of ether oxygens (including phenoxy) is 12. The summed E-state index contributed by atoms with van der Waals surface area (Å²) in [6.45, 7) is 42.1. The summed E-state index contributed by atoms with van der Waals surface area (Å²) in [6, 6.07) is 24.9. The molecule has 6 unspecified atom stereocenters. The molecule has 0 spiro atoms. The van der Waals surface area contributed by atoms with Gasteiger partial charge >= 0.3 is 18.1 Å². The van der Waals surface area contributed by atoms with E-state index >= 15 is 0 Å². The molecule has 10 aliphatic heterocycles. The number of fused-ring (bicyclic) bond motifs is 7. The van der Waals surface area contributed by atoms with E-state index in [1.807, 2.05) is 94.4 Å². The number of likely N-dealkylation sites (N-methyl/N-ethyl adjacent to an activating group) is 2. The third kappa shape index (κ3) is 21.6. The predicted molar refractivity (Wildman–Crippen MR) is 418 cm³/mol. The van der Waals surface area contributed by atoms with Crippen molar-refractivity contribution in [1.82, 2.24) is 24.9 Å².